The van der Waals surface area contributed by atoms with Gasteiger partial charge in [0.2, 0.25) is 0 Å². The molecule has 45 valence electrons. The van der Waals surface area contributed by atoms with Gasteiger partial charge in [-0.3, -0.25) is 9.59 Å². The van der Waals surface area contributed by atoms with Crippen LogP contribution in [0.5, 0.6) is 0 Å². The molecule has 0 heterocycles. The number of hydrogen-bond acceptors (Lipinski definition) is 2. The van der Waals surface area contributed by atoms with Crippen LogP contribution < -0.4 is 0 Å². The van der Waals surface area contributed by atoms with E-state index in [0.717, 1.165) is 0 Å². The van der Waals surface area contributed by atoms with Crippen molar-refractivity contribution in [3.8, 4) is 0 Å². The molecule has 0 spiro atoms. The topological polar surface area (TPSA) is 54.4 Å². The van der Waals surface area contributed by atoms with Crippen LogP contribution in [0.15, 0.2) is 0 Å². The van der Waals surface area contributed by atoms with Gasteiger partial charge in [-0.1, -0.05) is 0 Å². The summed E-state index contributed by atoms with van der Waals surface area (Å²) in [5, 5.41) is 8.01. The van der Waals surface area contributed by atoms with Gasteiger partial charge in [0.1, 0.15) is 0 Å². The van der Waals surface area contributed by atoms with Crippen molar-refractivity contribution in [2.45, 2.75) is 19.3 Å². The molecule has 3 heteroatoms. The van der Waals surface area contributed by atoms with E-state index in [2.05, 4.69) is 0 Å². The second kappa shape index (κ2) is 4.30. The van der Waals surface area contributed by atoms with E-state index in [-0.39, 0.29) is 12.8 Å². The third-order valence-corrected chi connectivity index (χ3v) is 0.669. The van der Waals surface area contributed by atoms with Crippen molar-refractivity contribution in [3.05, 3.63) is 0 Å². The average molecular weight is 115 g/mol. The highest BCUT2D eigenvalue weighted by molar-refractivity contribution is 5.67. The molecule has 0 unspecified atom stereocenters. The molecule has 0 atom stereocenters. The highest BCUT2D eigenvalue weighted by atomic mass is 16.4. The molecular weight excluding hydrogens is 108 g/mol. The van der Waals surface area contributed by atoms with E-state index in [0.29, 0.717) is 6.42 Å². The van der Waals surface area contributed by atoms with Gasteiger partial charge in [0.15, 0.2) is 6.29 Å². The van der Waals surface area contributed by atoms with Crippen molar-refractivity contribution >= 4 is 12.3 Å². The van der Waals surface area contributed by atoms with Gasteiger partial charge in [-0.15, -0.1) is 0 Å². The molecule has 0 aromatic carbocycles. The predicted octanol–water partition coefficient (Wildman–Crippen LogP) is 0.351. The van der Waals surface area contributed by atoms with E-state index < -0.39 is 5.97 Å². The molecule has 0 rings (SSSR count). The lowest BCUT2D eigenvalue weighted by molar-refractivity contribution is -0.137. The zero-order valence-electron chi connectivity index (χ0n) is 4.39. The number of carbonyl (C=O) groups excluding carboxylic acids is 1. The van der Waals surface area contributed by atoms with Crippen LogP contribution in [0.2, 0.25) is 0 Å². The molecule has 0 fully saturated rings. The summed E-state index contributed by atoms with van der Waals surface area (Å²) in [7, 11) is 0. The highest BCUT2D eigenvalue weighted by Gasteiger charge is 1.93. The van der Waals surface area contributed by atoms with E-state index in [1.807, 2.05) is 0 Å². The Morgan fingerprint density at radius 1 is 1.62 bits per heavy atom. The number of aliphatic carboxylic acids is 1. The molecule has 0 aromatic heterocycles. The lowest BCUT2D eigenvalue weighted by Crippen LogP contribution is -1.93. The molecule has 0 aliphatic heterocycles. The third kappa shape index (κ3) is 5.14. The molecule has 3 nitrogen and oxygen atoms in total. The zero-order valence-corrected chi connectivity index (χ0v) is 4.39. The summed E-state index contributed by atoms with van der Waals surface area (Å²) in [4.78, 5) is 19.2. The van der Waals surface area contributed by atoms with E-state index in [1.165, 1.54) is 0 Å². The number of rotatable bonds is 4. The first kappa shape index (κ1) is 7.14. The van der Waals surface area contributed by atoms with Crippen LogP contribution in [0, 0.1) is 0 Å². The smallest absolute Gasteiger partial charge is 0.303 e. The molecule has 0 aliphatic rings. The number of hydrogen-bond donors (Lipinski definition) is 1. The zero-order chi connectivity index (χ0) is 6.41. The van der Waals surface area contributed by atoms with Crippen molar-refractivity contribution in [2.24, 2.45) is 0 Å². The first-order valence-corrected chi connectivity index (χ1v) is 2.34. The molecule has 0 amide bonds. The van der Waals surface area contributed by atoms with Gasteiger partial charge in [-0.2, -0.15) is 0 Å². The fourth-order valence-corrected chi connectivity index (χ4v) is 0.312. The van der Waals surface area contributed by atoms with Gasteiger partial charge >= 0.3 is 5.97 Å². The van der Waals surface area contributed by atoms with Crippen molar-refractivity contribution in [2.75, 3.05) is 0 Å². The van der Waals surface area contributed by atoms with E-state index in [9.17, 15) is 9.59 Å². The largest absolute Gasteiger partial charge is 0.481 e. The summed E-state index contributed by atoms with van der Waals surface area (Å²) in [6, 6.07) is 0. The molecule has 1 radical (unpaired) electrons. The van der Waals surface area contributed by atoms with E-state index in [1.54, 1.807) is 6.29 Å². The fourth-order valence-electron chi connectivity index (χ4n) is 0.312. The van der Waals surface area contributed by atoms with Gasteiger partial charge in [-0.25, -0.2) is 0 Å². The normalized spacial score (nSPS) is 8.50. The van der Waals surface area contributed by atoms with Crippen molar-refractivity contribution in [1.29, 1.82) is 0 Å². The second-order valence-electron chi connectivity index (χ2n) is 1.39. The SMILES string of the molecule is O=[C]CCCC(=O)O. The number of carbonyl (C=O) groups is 1. The minimum atomic E-state index is -0.861. The lowest BCUT2D eigenvalue weighted by Gasteiger charge is -1.84. The maximum absolute atomic E-state index is 9.74. The van der Waals surface area contributed by atoms with Crippen LogP contribution in [-0.2, 0) is 9.59 Å². The minimum Gasteiger partial charge on any atom is -0.481 e. The molecule has 0 bridgehead atoms. The molecule has 0 saturated carbocycles. The molecule has 8 heavy (non-hydrogen) atoms. The Morgan fingerprint density at radius 3 is 2.62 bits per heavy atom. The van der Waals surface area contributed by atoms with Crippen LogP contribution in [0.1, 0.15) is 19.3 Å². The van der Waals surface area contributed by atoms with Crippen molar-refractivity contribution < 1.29 is 14.7 Å². The Bertz CT molecular complexity index is 87.7. The van der Waals surface area contributed by atoms with Gasteiger partial charge in [0.25, 0.3) is 0 Å². The third-order valence-electron chi connectivity index (χ3n) is 0.669. The van der Waals surface area contributed by atoms with Crippen LogP contribution >= 0.6 is 0 Å². The van der Waals surface area contributed by atoms with Crippen molar-refractivity contribution in [1.82, 2.24) is 0 Å². The molecule has 0 aromatic rings. The molecule has 0 aliphatic carbocycles. The molecular formula is C5H7O3. The van der Waals surface area contributed by atoms with Crippen LogP contribution in [0.25, 0.3) is 0 Å². The summed E-state index contributed by atoms with van der Waals surface area (Å²) in [5.41, 5.74) is 0. The second-order valence-corrected chi connectivity index (χ2v) is 1.39. The average Bonchev–Trinajstić information content (AvgIpc) is 1.66. The summed E-state index contributed by atoms with van der Waals surface area (Å²) < 4.78 is 0. The Morgan fingerprint density at radius 2 is 2.25 bits per heavy atom. The Hall–Kier alpha value is -0.860. The highest BCUT2D eigenvalue weighted by Crippen LogP contribution is 1.90. The number of carboxylic acid groups (broad SMARTS) is 1. The van der Waals surface area contributed by atoms with Crippen LogP contribution in [0.3, 0.4) is 0 Å². The van der Waals surface area contributed by atoms with Crippen LogP contribution in [0.4, 0.5) is 0 Å². The Balaban J connectivity index is 2.93. The lowest BCUT2D eigenvalue weighted by atomic mass is 10.2. The van der Waals surface area contributed by atoms with Gasteiger partial charge in [-0.05, 0) is 6.42 Å². The molecule has 0 saturated heterocycles. The first-order chi connectivity index (χ1) is 3.77. The summed E-state index contributed by atoms with van der Waals surface area (Å²) in [5.74, 6) is -0.861. The van der Waals surface area contributed by atoms with E-state index in [4.69, 9.17) is 5.11 Å². The maximum Gasteiger partial charge on any atom is 0.303 e. The number of unbranched alkanes of at least 4 members (excludes halogenated alkanes) is 1. The van der Waals surface area contributed by atoms with Gasteiger partial charge in [0, 0.05) is 12.8 Å². The van der Waals surface area contributed by atoms with Gasteiger partial charge in [0.05, 0.1) is 0 Å². The quantitative estimate of drug-likeness (QED) is 0.538. The Labute approximate surface area is 47.3 Å². The molecule has 1 N–H and O–H groups in total. The van der Waals surface area contributed by atoms with E-state index >= 15 is 0 Å². The summed E-state index contributed by atoms with van der Waals surface area (Å²) >= 11 is 0. The Kier molecular flexibility index (Phi) is 3.84. The summed E-state index contributed by atoms with van der Waals surface area (Å²) in [6.45, 7) is 0. The standard InChI is InChI=1S/C5H7O3/c6-4-2-1-3-5(7)8/h1-3H2,(H,7,8). The predicted molar refractivity (Wildman–Crippen MR) is 27.2 cm³/mol. The maximum atomic E-state index is 9.74. The number of carboxylic acids is 1. The summed E-state index contributed by atoms with van der Waals surface area (Å²) in [6.07, 6.45) is 2.30. The van der Waals surface area contributed by atoms with Gasteiger partial charge < -0.3 is 5.11 Å². The fraction of sp³-hybridized carbons (Fsp3) is 0.600. The van der Waals surface area contributed by atoms with Crippen molar-refractivity contribution in [3.63, 3.8) is 0 Å². The van der Waals surface area contributed by atoms with Crippen LogP contribution in [-0.4, -0.2) is 17.4 Å². The monoisotopic (exact) mass is 115 g/mol. The minimum absolute atomic E-state index is 0.0647. The first-order valence-electron chi connectivity index (χ1n) is 2.34.